The third kappa shape index (κ3) is 5.83. The molecule has 33 heavy (non-hydrogen) atoms. The van der Waals surface area contributed by atoms with E-state index in [0.29, 0.717) is 30.5 Å². The molecule has 1 fully saturated rings. The Hall–Kier alpha value is -2.23. The van der Waals surface area contributed by atoms with Crippen LogP contribution in [0.25, 0.3) is 0 Å². The van der Waals surface area contributed by atoms with Gasteiger partial charge in [-0.1, -0.05) is 37.3 Å². The van der Waals surface area contributed by atoms with Gasteiger partial charge in [0, 0.05) is 51.1 Å². The average molecular weight is 478 g/mol. The predicted molar refractivity (Wildman–Crippen MR) is 127 cm³/mol. The van der Waals surface area contributed by atoms with Crippen LogP contribution in [-0.4, -0.2) is 73.6 Å². The molecule has 1 aromatic rings. The molecule has 1 aromatic carbocycles. The van der Waals surface area contributed by atoms with Gasteiger partial charge in [-0.2, -0.15) is 0 Å². The fourth-order valence-corrected chi connectivity index (χ4v) is 5.67. The van der Waals surface area contributed by atoms with Crippen LogP contribution in [0.1, 0.15) is 45.6 Å². The molecule has 0 radical (unpaired) electrons. The molecular formula is C24H35N3O5S. The van der Waals surface area contributed by atoms with Crippen LogP contribution < -0.4 is 5.32 Å². The van der Waals surface area contributed by atoms with Crippen LogP contribution in [0.15, 0.2) is 41.5 Å². The van der Waals surface area contributed by atoms with E-state index in [9.17, 15) is 18.0 Å². The first-order chi connectivity index (χ1) is 15.7. The SMILES string of the molecule is CCN(CCCNC(=O)C1=C(C)C(=O)OC12CCN(S(=O)(=O)CC)CC2)Cc1ccccc1. The van der Waals surface area contributed by atoms with Gasteiger partial charge in [0.05, 0.1) is 11.3 Å². The maximum absolute atomic E-state index is 13.1. The first-order valence-corrected chi connectivity index (χ1v) is 13.3. The van der Waals surface area contributed by atoms with Crippen molar-refractivity contribution in [2.75, 3.05) is 38.5 Å². The minimum atomic E-state index is -3.31. The highest BCUT2D eigenvalue weighted by molar-refractivity contribution is 7.89. The van der Waals surface area contributed by atoms with E-state index in [4.69, 9.17) is 4.74 Å². The van der Waals surface area contributed by atoms with Gasteiger partial charge < -0.3 is 10.1 Å². The van der Waals surface area contributed by atoms with Crippen molar-refractivity contribution in [1.82, 2.24) is 14.5 Å². The summed E-state index contributed by atoms with van der Waals surface area (Å²) in [6, 6.07) is 10.3. The van der Waals surface area contributed by atoms with E-state index in [1.54, 1.807) is 13.8 Å². The third-order valence-electron chi connectivity index (χ3n) is 6.57. The van der Waals surface area contributed by atoms with Crippen molar-refractivity contribution in [3.63, 3.8) is 0 Å². The number of hydrogen-bond acceptors (Lipinski definition) is 6. The van der Waals surface area contributed by atoms with E-state index >= 15 is 0 Å². The molecule has 2 aliphatic heterocycles. The van der Waals surface area contributed by atoms with Gasteiger partial charge in [0.2, 0.25) is 10.0 Å². The molecule has 0 bridgehead atoms. The summed E-state index contributed by atoms with van der Waals surface area (Å²) < 4.78 is 31.5. The summed E-state index contributed by atoms with van der Waals surface area (Å²) >= 11 is 0. The highest BCUT2D eigenvalue weighted by Gasteiger charge is 2.51. The summed E-state index contributed by atoms with van der Waals surface area (Å²) in [5.74, 6) is -0.760. The highest BCUT2D eigenvalue weighted by atomic mass is 32.2. The summed E-state index contributed by atoms with van der Waals surface area (Å²) in [5, 5.41) is 2.96. The number of benzene rings is 1. The predicted octanol–water partition coefficient (Wildman–Crippen LogP) is 2.07. The van der Waals surface area contributed by atoms with Crippen molar-refractivity contribution in [3.05, 3.63) is 47.0 Å². The summed E-state index contributed by atoms with van der Waals surface area (Å²) in [7, 11) is -3.31. The second kappa shape index (κ2) is 10.8. The van der Waals surface area contributed by atoms with Crippen LogP contribution in [-0.2, 0) is 30.9 Å². The number of ether oxygens (including phenoxy) is 1. The average Bonchev–Trinajstić information content (AvgIpc) is 3.05. The zero-order valence-electron chi connectivity index (χ0n) is 19.8. The summed E-state index contributed by atoms with van der Waals surface area (Å²) in [6.45, 7) is 8.91. The number of rotatable bonds is 10. The Morgan fingerprint density at radius 3 is 2.45 bits per heavy atom. The maximum atomic E-state index is 13.1. The van der Waals surface area contributed by atoms with Crippen LogP contribution in [0.4, 0.5) is 0 Å². The van der Waals surface area contributed by atoms with E-state index in [-0.39, 0.29) is 24.7 Å². The molecule has 0 aromatic heterocycles. The fraction of sp³-hybridized carbons (Fsp3) is 0.583. The first kappa shape index (κ1) is 25.4. The van der Waals surface area contributed by atoms with Crippen LogP contribution in [0.3, 0.4) is 0 Å². The van der Waals surface area contributed by atoms with Crippen LogP contribution in [0.5, 0.6) is 0 Å². The molecule has 0 atom stereocenters. The molecule has 1 N–H and O–H groups in total. The molecule has 0 saturated carbocycles. The molecule has 2 aliphatic rings. The van der Waals surface area contributed by atoms with Gasteiger partial charge >= 0.3 is 5.97 Å². The Labute approximate surface area is 197 Å². The van der Waals surface area contributed by atoms with Crippen LogP contribution in [0.2, 0.25) is 0 Å². The lowest BCUT2D eigenvalue weighted by Crippen LogP contribution is -2.50. The number of esters is 1. The minimum absolute atomic E-state index is 0.0288. The summed E-state index contributed by atoms with van der Waals surface area (Å²) in [6.07, 6.45) is 1.36. The molecule has 2 heterocycles. The largest absolute Gasteiger partial charge is 0.450 e. The Balaban J connectivity index is 1.56. The van der Waals surface area contributed by atoms with E-state index in [0.717, 1.165) is 26.1 Å². The zero-order valence-corrected chi connectivity index (χ0v) is 20.6. The highest BCUT2D eigenvalue weighted by Crippen LogP contribution is 2.41. The summed E-state index contributed by atoms with van der Waals surface area (Å²) in [5.41, 5.74) is 0.897. The van der Waals surface area contributed by atoms with Crippen LogP contribution >= 0.6 is 0 Å². The number of amides is 1. The van der Waals surface area contributed by atoms with Crippen molar-refractivity contribution < 1.29 is 22.7 Å². The van der Waals surface area contributed by atoms with Gasteiger partial charge in [0.25, 0.3) is 5.91 Å². The standard InChI is InChI=1S/C24H35N3O5S/c1-4-26(18-20-10-7-6-8-11-20)15-9-14-25-22(28)21-19(3)23(29)32-24(21)12-16-27(17-13-24)33(30,31)5-2/h6-8,10-11H,4-5,9,12-18H2,1-3H3,(H,25,28). The monoisotopic (exact) mass is 477 g/mol. The maximum Gasteiger partial charge on any atom is 0.335 e. The van der Waals surface area contributed by atoms with Crippen molar-refractivity contribution in [3.8, 4) is 0 Å². The smallest absolute Gasteiger partial charge is 0.335 e. The van der Waals surface area contributed by atoms with E-state index in [1.165, 1.54) is 9.87 Å². The van der Waals surface area contributed by atoms with Gasteiger partial charge in [0.15, 0.2) is 0 Å². The molecule has 0 aliphatic carbocycles. The lowest BCUT2D eigenvalue weighted by atomic mass is 9.83. The molecule has 9 heteroatoms. The number of nitrogens with zero attached hydrogens (tertiary/aromatic N) is 2. The zero-order chi connectivity index (χ0) is 24.1. The van der Waals surface area contributed by atoms with Gasteiger partial charge in [-0.3, -0.25) is 9.69 Å². The van der Waals surface area contributed by atoms with E-state index in [1.807, 2.05) is 18.2 Å². The van der Waals surface area contributed by atoms with E-state index < -0.39 is 21.6 Å². The fourth-order valence-electron chi connectivity index (χ4n) is 4.57. The quantitative estimate of drug-likeness (QED) is 0.409. The first-order valence-electron chi connectivity index (χ1n) is 11.7. The lowest BCUT2D eigenvalue weighted by Gasteiger charge is -2.38. The van der Waals surface area contributed by atoms with E-state index in [2.05, 4.69) is 29.3 Å². The second-order valence-electron chi connectivity index (χ2n) is 8.65. The number of nitrogens with one attached hydrogen (secondary N) is 1. The Bertz CT molecular complexity index is 983. The third-order valence-corrected chi connectivity index (χ3v) is 8.45. The van der Waals surface area contributed by atoms with Gasteiger partial charge in [0.1, 0.15) is 5.60 Å². The Morgan fingerprint density at radius 1 is 1.18 bits per heavy atom. The number of hydrogen-bond donors (Lipinski definition) is 1. The molecule has 3 rings (SSSR count). The van der Waals surface area contributed by atoms with Crippen molar-refractivity contribution in [1.29, 1.82) is 0 Å². The Morgan fingerprint density at radius 2 is 1.85 bits per heavy atom. The van der Waals surface area contributed by atoms with Crippen molar-refractivity contribution in [2.24, 2.45) is 0 Å². The number of carbonyl (C=O) groups is 2. The van der Waals surface area contributed by atoms with Gasteiger partial charge in [-0.15, -0.1) is 0 Å². The lowest BCUT2D eigenvalue weighted by molar-refractivity contribution is -0.150. The molecule has 182 valence electrons. The summed E-state index contributed by atoms with van der Waals surface area (Å²) in [4.78, 5) is 27.7. The molecule has 8 nitrogen and oxygen atoms in total. The van der Waals surface area contributed by atoms with Crippen LogP contribution in [0, 0.1) is 0 Å². The topological polar surface area (TPSA) is 96.0 Å². The Kier molecular flexibility index (Phi) is 8.31. The number of sulfonamides is 1. The molecule has 1 saturated heterocycles. The second-order valence-corrected chi connectivity index (χ2v) is 10.9. The van der Waals surface area contributed by atoms with Crippen molar-refractivity contribution in [2.45, 2.75) is 52.2 Å². The molecule has 0 unspecified atom stereocenters. The normalized spacial score (nSPS) is 18.7. The van der Waals surface area contributed by atoms with Gasteiger partial charge in [-0.05, 0) is 32.4 Å². The van der Waals surface area contributed by atoms with Crippen molar-refractivity contribution >= 4 is 21.9 Å². The van der Waals surface area contributed by atoms with Gasteiger partial charge in [-0.25, -0.2) is 17.5 Å². The molecule has 1 amide bonds. The number of piperidine rings is 1. The molecular weight excluding hydrogens is 442 g/mol. The minimum Gasteiger partial charge on any atom is -0.450 e. The molecule has 1 spiro atoms. The number of carbonyl (C=O) groups excluding carboxylic acids is 2.